The van der Waals surface area contributed by atoms with Gasteiger partial charge in [-0.1, -0.05) is 37.6 Å². The molecule has 2 heterocycles. The van der Waals surface area contributed by atoms with Gasteiger partial charge in [-0.2, -0.15) is 0 Å². The Kier molecular flexibility index (Phi) is 5.11. The monoisotopic (exact) mass is 366 g/mol. The molecule has 130 valence electrons. The third-order valence-electron chi connectivity index (χ3n) is 4.88. The molecule has 1 aromatic carbocycles. The van der Waals surface area contributed by atoms with Gasteiger partial charge >= 0.3 is 0 Å². The van der Waals surface area contributed by atoms with Gasteiger partial charge in [0.05, 0.1) is 15.5 Å². The Hall–Kier alpha value is -1.20. The quantitative estimate of drug-likeness (QED) is 0.804. The molecule has 0 aromatic heterocycles. The minimum atomic E-state index is -0.190. The first-order valence-electron chi connectivity index (χ1n) is 8.44. The number of thioether (sulfide) groups is 1. The zero-order valence-electron chi connectivity index (χ0n) is 14.1. The number of hydrogen-bond donors (Lipinski definition) is 0. The number of rotatable bonds is 2. The first-order valence-corrected chi connectivity index (χ1v) is 9.80. The second kappa shape index (κ2) is 6.96. The summed E-state index contributed by atoms with van der Waals surface area (Å²) < 4.78 is 0. The lowest BCUT2D eigenvalue weighted by Gasteiger charge is -2.44. The summed E-state index contributed by atoms with van der Waals surface area (Å²) in [5, 5.41) is 0.502. The summed E-state index contributed by atoms with van der Waals surface area (Å²) in [6.07, 6.45) is 1.65. The Bertz CT molecular complexity index is 642. The third-order valence-corrected chi connectivity index (χ3v) is 6.76. The molecule has 0 aliphatic carbocycles. The van der Waals surface area contributed by atoms with E-state index in [0.29, 0.717) is 10.6 Å². The fourth-order valence-corrected chi connectivity index (χ4v) is 5.20. The van der Waals surface area contributed by atoms with Crippen LogP contribution >= 0.6 is 23.4 Å². The van der Waals surface area contributed by atoms with Crippen LogP contribution in [0, 0.1) is 5.92 Å². The Labute approximate surface area is 152 Å². The summed E-state index contributed by atoms with van der Waals surface area (Å²) in [6.45, 7) is 6.05. The molecule has 2 saturated heterocycles. The molecule has 1 spiro atoms. The number of carbonyl (C=O) groups is 2. The minimum absolute atomic E-state index is 0.00855. The third kappa shape index (κ3) is 3.16. The van der Waals surface area contributed by atoms with Gasteiger partial charge in [0, 0.05) is 31.3 Å². The minimum Gasteiger partial charge on any atom is -0.342 e. The molecule has 2 fully saturated rings. The topological polar surface area (TPSA) is 40.6 Å². The highest BCUT2D eigenvalue weighted by atomic mass is 35.5. The highest BCUT2D eigenvalue weighted by Crippen LogP contribution is 2.45. The van der Waals surface area contributed by atoms with Gasteiger partial charge in [-0.05, 0) is 25.0 Å². The molecule has 3 rings (SSSR count). The van der Waals surface area contributed by atoms with Crippen LogP contribution in [0.3, 0.4) is 0 Å². The zero-order valence-corrected chi connectivity index (χ0v) is 15.7. The number of carbonyl (C=O) groups excluding carboxylic acids is 2. The van der Waals surface area contributed by atoms with Gasteiger partial charge in [0.2, 0.25) is 5.91 Å². The predicted octanol–water partition coefficient (Wildman–Crippen LogP) is 3.50. The SMILES string of the molecule is CC(C)C(=O)N1CCC2(CC1)SCCN2C(=O)c1ccccc1Cl. The van der Waals surface area contributed by atoms with E-state index in [0.717, 1.165) is 38.2 Å². The van der Waals surface area contributed by atoms with Crippen LogP contribution in [0.4, 0.5) is 0 Å². The number of hydrogen-bond acceptors (Lipinski definition) is 3. The lowest BCUT2D eigenvalue weighted by Crippen LogP contribution is -2.54. The average Bonchev–Trinajstić information content (AvgIpc) is 2.98. The molecule has 0 bridgehead atoms. The van der Waals surface area contributed by atoms with E-state index in [2.05, 4.69) is 0 Å². The number of nitrogens with zero attached hydrogens (tertiary/aromatic N) is 2. The maximum absolute atomic E-state index is 13.0. The lowest BCUT2D eigenvalue weighted by molar-refractivity contribution is -0.136. The molecular weight excluding hydrogens is 344 g/mol. The molecular formula is C18H23ClN2O2S. The molecule has 2 aliphatic heterocycles. The lowest BCUT2D eigenvalue weighted by atomic mass is 9.99. The molecule has 0 N–H and O–H groups in total. The number of piperidine rings is 1. The summed E-state index contributed by atoms with van der Waals surface area (Å²) in [4.78, 5) is 28.9. The van der Waals surface area contributed by atoms with Crippen molar-refractivity contribution in [2.75, 3.05) is 25.4 Å². The number of halogens is 1. The molecule has 0 radical (unpaired) electrons. The first-order chi connectivity index (χ1) is 11.4. The average molecular weight is 367 g/mol. The van der Waals surface area contributed by atoms with Crippen LogP contribution in [0.5, 0.6) is 0 Å². The second-order valence-electron chi connectivity index (χ2n) is 6.71. The van der Waals surface area contributed by atoms with Crippen molar-refractivity contribution in [1.82, 2.24) is 9.80 Å². The van der Waals surface area contributed by atoms with Crippen molar-refractivity contribution in [3.05, 3.63) is 34.9 Å². The first kappa shape index (κ1) is 17.6. The Morgan fingerprint density at radius 1 is 1.17 bits per heavy atom. The van der Waals surface area contributed by atoms with E-state index in [1.54, 1.807) is 12.1 Å². The summed E-state index contributed by atoms with van der Waals surface area (Å²) in [5.74, 6) is 1.18. The van der Waals surface area contributed by atoms with E-state index in [9.17, 15) is 9.59 Å². The van der Waals surface area contributed by atoms with Crippen LogP contribution in [0.1, 0.15) is 37.0 Å². The van der Waals surface area contributed by atoms with Gasteiger partial charge in [-0.25, -0.2) is 0 Å². The summed E-state index contributed by atoms with van der Waals surface area (Å²) >= 11 is 8.07. The number of amides is 2. The number of likely N-dealkylation sites (tertiary alicyclic amines) is 1. The highest BCUT2D eigenvalue weighted by molar-refractivity contribution is 8.00. The molecule has 4 nitrogen and oxygen atoms in total. The van der Waals surface area contributed by atoms with Crippen LogP contribution in [-0.2, 0) is 4.79 Å². The zero-order chi connectivity index (χ0) is 17.3. The van der Waals surface area contributed by atoms with Crippen molar-refractivity contribution in [2.24, 2.45) is 5.92 Å². The van der Waals surface area contributed by atoms with Crippen LogP contribution < -0.4 is 0 Å². The Morgan fingerprint density at radius 2 is 1.83 bits per heavy atom. The van der Waals surface area contributed by atoms with Gasteiger partial charge in [-0.3, -0.25) is 9.59 Å². The van der Waals surface area contributed by atoms with Crippen LogP contribution in [0.25, 0.3) is 0 Å². The fraction of sp³-hybridized carbons (Fsp3) is 0.556. The molecule has 24 heavy (non-hydrogen) atoms. The highest BCUT2D eigenvalue weighted by Gasteiger charge is 2.47. The van der Waals surface area contributed by atoms with Crippen molar-refractivity contribution < 1.29 is 9.59 Å². The van der Waals surface area contributed by atoms with Gasteiger partial charge in [0.1, 0.15) is 0 Å². The molecule has 0 unspecified atom stereocenters. The van der Waals surface area contributed by atoms with E-state index in [1.807, 2.05) is 47.5 Å². The van der Waals surface area contributed by atoms with E-state index in [-0.39, 0.29) is 22.6 Å². The maximum Gasteiger partial charge on any atom is 0.256 e. The van der Waals surface area contributed by atoms with Crippen LogP contribution in [-0.4, -0.2) is 51.9 Å². The molecule has 6 heteroatoms. The van der Waals surface area contributed by atoms with Crippen LogP contribution in [0.15, 0.2) is 24.3 Å². The summed E-state index contributed by atoms with van der Waals surface area (Å²) in [6, 6.07) is 7.23. The fourth-order valence-electron chi connectivity index (χ4n) is 3.53. The molecule has 0 atom stereocenters. The maximum atomic E-state index is 13.0. The molecule has 2 amide bonds. The Morgan fingerprint density at radius 3 is 2.46 bits per heavy atom. The van der Waals surface area contributed by atoms with Gasteiger partial charge in [0.25, 0.3) is 5.91 Å². The van der Waals surface area contributed by atoms with Crippen molar-refractivity contribution >= 4 is 35.2 Å². The summed E-state index contributed by atoms with van der Waals surface area (Å²) in [5.41, 5.74) is 0.571. The number of benzene rings is 1. The van der Waals surface area contributed by atoms with Crippen molar-refractivity contribution in [3.8, 4) is 0 Å². The smallest absolute Gasteiger partial charge is 0.256 e. The molecule has 0 saturated carbocycles. The van der Waals surface area contributed by atoms with Crippen molar-refractivity contribution in [2.45, 2.75) is 31.6 Å². The van der Waals surface area contributed by atoms with E-state index < -0.39 is 0 Å². The van der Waals surface area contributed by atoms with Gasteiger partial charge in [-0.15, -0.1) is 11.8 Å². The predicted molar refractivity (Wildman–Crippen MR) is 98.3 cm³/mol. The summed E-state index contributed by atoms with van der Waals surface area (Å²) in [7, 11) is 0. The van der Waals surface area contributed by atoms with Crippen molar-refractivity contribution in [1.29, 1.82) is 0 Å². The molecule has 1 aromatic rings. The molecule has 2 aliphatic rings. The van der Waals surface area contributed by atoms with E-state index >= 15 is 0 Å². The van der Waals surface area contributed by atoms with Gasteiger partial charge in [0.15, 0.2) is 0 Å². The normalized spacial score (nSPS) is 20.0. The van der Waals surface area contributed by atoms with Crippen molar-refractivity contribution in [3.63, 3.8) is 0 Å². The Balaban J connectivity index is 1.76. The van der Waals surface area contributed by atoms with E-state index in [4.69, 9.17) is 11.6 Å². The van der Waals surface area contributed by atoms with E-state index in [1.165, 1.54) is 0 Å². The standard InChI is InChI=1S/C18H23ClN2O2S/c1-13(2)16(22)20-9-7-18(8-10-20)21(11-12-24-18)17(23)14-5-3-4-6-15(14)19/h3-6,13H,7-12H2,1-2H3. The second-order valence-corrected chi connectivity index (χ2v) is 8.58. The van der Waals surface area contributed by atoms with Gasteiger partial charge < -0.3 is 9.80 Å². The largest absolute Gasteiger partial charge is 0.342 e. The van der Waals surface area contributed by atoms with Crippen LogP contribution in [0.2, 0.25) is 5.02 Å².